The van der Waals surface area contributed by atoms with E-state index in [2.05, 4.69) is 11.6 Å². The first kappa shape index (κ1) is 24.8. The number of Topliss-reactive ketones (excluding diaryl/α,β-unsaturated/α-hetero) is 1. The fraction of sp³-hybridized carbons (Fsp3) is 0.250. The molecule has 0 saturated carbocycles. The van der Waals surface area contributed by atoms with E-state index in [-0.39, 0.29) is 11.3 Å². The van der Waals surface area contributed by atoms with Gasteiger partial charge in [0.1, 0.15) is 23.9 Å². The molecule has 1 fully saturated rings. The zero-order valence-corrected chi connectivity index (χ0v) is 20.2. The molecule has 1 N–H and O–H groups in total. The van der Waals surface area contributed by atoms with E-state index < -0.39 is 17.7 Å². The fourth-order valence-electron chi connectivity index (χ4n) is 4.23. The van der Waals surface area contributed by atoms with Gasteiger partial charge >= 0.3 is 0 Å². The summed E-state index contributed by atoms with van der Waals surface area (Å²) in [4.78, 5) is 31.9. The number of carbonyl (C=O) groups is 2. The summed E-state index contributed by atoms with van der Waals surface area (Å²) in [6, 6.07) is 13.2. The van der Waals surface area contributed by atoms with Crippen LogP contribution in [0.25, 0.3) is 5.76 Å². The number of ketones is 1. The molecule has 0 aliphatic carbocycles. The second-order valence-electron chi connectivity index (χ2n) is 8.27. The first-order valence-electron chi connectivity index (χ1n) is 11.8. The molecule has 4 rings (SSSR count). The molecule has 8 heteroatoms. The van der Waals surface area contributed by atoms with Crippen molar-refractivity contribution in [2.75, 3.05) is 19.8 Å². The summed E-state index contributed by atoms with van der Waals surface area (Å²) in [5.41, 5.74) is 1.20. The number of rotatable bonds is 11. The van der Waals surface area contributed by atoms with Crippen LogP contribution in [0.15, 0.2) is 85.5 Å². The summed E-state index contributed by atoms with van der Waals surface area (Å²) in [5.74, 6) is -0.264. The molecule has 1 aliphatic heterocycles. The molecule has 1 unspecified atom stereocenters. The Labute approximate surface area is 210 Å². The highest BCUT2D eigenvalue weighted by Gasteiger charge is 2.45. The van der Waals surface area contributed by atoms with Gasteiger partial charge in [0.25, 0.3) is 11.7 Å². The smallest absolute Gasteiger partial charge is 0.295 e. The summed E-state index contributed by atoms with van der Waals surface area (Å²) in [6.07, 6.45) is 7.52. The molecule has 3 aromatic rings. The molecule has 8 nitrogen and oxygen atoms in total. The minimum atomic E-state index is -0.729. The van der Waals surface area contributed by atoms with Crippen LogP contribution in [-0.2, 0) is 16.1 Å². The van der Waals surface area contributed by atoms with Crippen LogP contribution in [0.4, 0.5) is 0 Å². The third-order valence-electron chi connectivity index (χ3n) is 5.92. The Morgan fingerprint density at radius 1 is 1.06 bits per heavy atom. The molecule has 2 aromatic carbocycles. The molecule has 186 valence electrons. The van der Waals surface area contributed by atoms with Gasteiger partial charge in [-0.2, -0.15) is 0 Å². The number of benzene rings is 2. The Bertz CT molecular complexity index is 1230. The number of aliphatic hydroxyl groups excluding tert-OH is 1. The van der Waals surface area contributed by atoms with Crippen LogP contribution in [0, 0.1) is 0 Å². The Hall–Kier alpha value is -4.33. The Morgan fingerprint density at radius 2 is 1.75 bits per heavy atom. The second kappa shape index (κ2) is 11.4. The van der Waals surface area contributed by atoms with Gasteiger partial charge in [0.2, 0.25) is 0 Å². The predicted octanol–water partition coefficient (Wildman–Crippen LogP) is 4.36. The highest BCUT2D eigenvalue weighted by atomic mass is 16.5. The van der Waals surface area contributed by atoms with Gasteiger partial charge < -0.3 is 24.0 Å². The van der Waals surface area contributed by atoms with E-state index in [0.29, 0.717) is 55.4 Å². The number of amides is 1. The van der Waals surface area contributed by atoms with Crippen LogP contribution in [0.3, 0.4) is 0 Å². The van der Waals surface area contributed by atoms with E-state index in [1.165, 1.54) is 4.90 Å². The normalized spacial score (nSPS) is 16.8. The van der Waals surface area contributed by atoms with Crippen LogP contribution < -0.4 is 9.47 Å². The maximum atomic E-state index is 13.2. The van der Waals surface area contributed by atoms with Crippen molar-refractivity contribution in [3.63, 3.8) is 0 Å². The molecule has 1 saturated heterocycles. The lowest BCUT2D eigenvalue weighted by atomic mass is 9.95. The van der Waals surface area contributed by atoms with Crippen molar-refractivity contribution in [2.24, 2.45) is 0 Å². The molecule has 1 atom stereocenters. The van der Waals surface area contributed by atoms with Crippen molar-refractivity contribution in [3.8, 4) is 11.5 Å². The molecule has 0 radical (unpaired) electrons. The minimum Gasteiger partial charge on any atom is -0.507 e. The largest absolute Gasteiger partial charge is 0.507 e. The quantitative estimate of drug-likeness (QED) is 0.187. The molecule has 1 amide bonds. The average Bonchev–Trinajstić information content (AvgIpc) is 3.50. The molecular formula is C28H29N3O5. The van der Waals surface area contributed by atoms with Crippen LogP contribution in [-0.4, -0.2) is 51.0 Å². The highest BCUT2D eigenvalue weighted by Crippen LogP contribution is 2.40. The van der Waals surface area contributed by atoms with Gasteiger partial charge in [-0.25, -0.2) is 4.98 Å². The molecule has 1 aromatic heterocycles. The third kappa shape index (κ3) is 5.33. The SMILES string of the molecule is C=CCOc1ccc(C2/C(=C(\O)c3ccc(OCC)cc3)C(=O)C(=O)N2CCCn2ccnc2)cc1. The Kier molecular flexibility index (Phi) is 7.85. The lowest BCUT2D eigenvalue weighted by Gasteiger charge is -2.25. The Morgan fingerprint density at radius 3 is 2.39 bits per heavy atom. The van der Waals surface area contributed by atoms with Gasteiger partial charge in [-0.3, -0.25) is 9.59 Å². The third-order valence-corrected chi connectivity index (χ3v) is 5.92. The van der Waals surface area contributed by atoms with Crippen LogP contribution in [0.1, 0.15) is 30.5 Å². The number of aromatic nitrogens is 2. The van der Waals surface area contributed by atoms with Gasteiger partial charge in [0.15, 0.2) is 0 Å². The summed E-state index contributed by atoms with van der Waals surface area (Å²) >= 11 is 0. The van der Waals surface area contributed by atoms with Crippen LogP contribution >= 0.6 is 0 Å². The van der Waals surface area contributed by atoms with E-state index in [1.807, 2.05) is 29.8 Å². The zero-order valence-electron chi connectivity index (χ0n) is 20.2. The minimum absolute atomic E-state index is 0.0616. The van der Waals surface area contributed by atoms with Gasteiger partial charge in [-0.05, 0) is 55.3 Å². The van der Waals surface area contributed by atoms with Crippen molar-refractivity contribution in [1.82, 2.24) is 14.5 Å². The number of aliphatic hydroxyl groups is 1. The maximum Gasteiger partial charge on any atom is 0.295 e. The van der Waals surface area contributed by atoms with Crippen molar-refractivity contribution in [1.29, 1.82) is 0 Å². The molecule has 1 aliphatic rings. The maximum absolute atomic E-state index is 13.2. The number of hydrogen-bond acceptors (Lipinski definition) is 6. The number of aryl methyl sites for hydroxylation is 1. The Balaban J connectivity index is 1.69. The first-order valence-corrected chi connectivity index (χ1v) is 11.8. The number of carbonyl (C=O) groups excluding carboxylic acids is 2. The molecular weight excluding hydrogens is 458 g/mol. The van der Waals surface area contributed by atoms with Crippen molar-refractivity contribution in [2.45, 2.75) is 25.9 Å². The van der Waals surface area contributed by atoms with E-state index in [1.54, 1.807) is 55.0 Å². The second-order valence-corrected chi connectivity index (χ2v) is 8.27. The summed E-state index contributed by atoms with van der Waals surface area (Å²) in [7, 11) is 0. The van der Waals surface area contributed by atoms with Crippen LogP contribution in [0.2, 0.25) is 0 Å². The summed E-state index contributed by atoms with van der Waals surface area (Å²) in [6.45, 7) is 7.39. The number of nitrogens with zero attached hydrogens (tertiary/aromatic N) is 3. The standard InChI is InChI=1S/C28H29N3O5/c1-3-18-36-23-10-6-20(7-11-23)25-24(26(32)21-8-12-22(13-9-21)35-4-2)27(33)28(34)31(25)16-5-15-30-17-14-29-19-30/h3,6-14,17,19,25,32H,1,4-5,15-16,18H2,2H3/b26-24+. The number of hydrogen-bond donors (Lipinski definition) is 1. The number of ether oxygens (including phenoxy) is 2. The first-order chi connectivity index (χ1) is 17.5. The van der Waals surface area contributed by atoms with E-state index in [9.17, 15) is 14.7 Å². The van der Waals surface area contributed by atoms with Gasteiger partial charge in [-0.15, -0.1) is 0 Å². The summed E-state index contributed by atoms with van der Waals surface area (Å²) in [5, 5.41) is 11.2. The van der Waals surface area contributed by atoms with Gasteiger partial charge in [0.05, 0.1) is 24.5 Å². The number of imidazole rings is 1. The van der Waals surface area contributed by atoms with Crippen molar-refractivity contribution >= 4 is 17.4 Å². The molecule has 36 heavy (non-hydrogen) atoms. The number of likely N-dealkylation sites (tertiary alicyclic amines) is 1. The van der Waals surface area contributed by atoms with E-state index in [4.69, 9.17) is 9.47 Å². The highest BCUT2D eigenvalue weighted by molar-refractivity contribution is 6.46. The van der Waals surface area contributed by atoms with Gasteiger partial charge in [0, 0.05) is 31.0 Å². The zero-order chi connectivity index (χ0) is 25.5. The van der Waals surface area contributed by atoms with Crippen molar-refractivity contribution < 1.29 is 24.2 Å². The fourth-order valence-corrected chi connectivity index (χ4v) is 4.23. The predicted molar refractivity (Wildman–Crippen MR) is 136 cm³/mol. The average molecular weight is 488 g/mol. The lowest BCUT2D eigenvalue weighted by Crippen LogP contribution is -2.31. The summed E-state index contributed by atoms with van der Waals surface area (Å²) < 4.78 is 13.0. The van der Waals surface area contributed by atoms with E-state index >= 15 is 0 Å². The monoisotopic (exact) mass is 487 g/mol. The molecule has 2 heterocycles. The van der Waals surface area contributed by atoms with Crippen LogP contribution in [0.5, 0.6) is 11.5 Å². The topological polar surface area (TPSA) is 93.9 Å². The van der Waals surface area contributed by atoms with E-state index in [0.717, 1.165) is 0 Å². The van der Waals surface area contributed by atoms with Gasteiger partial charge in [-0.1, -0.05) is 24.8 Å². The molecule has 0 spiro atoms. The lowest BCUT2D eigenvalue weighted by molar-refractivity contribution is -0.139. The van der Waals surface area contributed by atoms with Crippen molar-refractivity contribution in [3.05, 3.63) is 96.6 Å². The molecule has 0 bridgehead atoms.